The topological polar surface area (TPSA) is 24.7 Å². The second-order valence-corrected chi connectivity index (χ2v) is 3.03. The summed E-state index contributed by atoms with van der Waals surface area (Å²) < 4.78 is 0. The number of azo groups is 1. The first-order valence-corrected chi connectivity index (χ1v) is 4.16. The van der Waals surface area contributed by atoms with Crippen LogP contribution in [-0.2, 0) is 0 Å². The number of hydrogen-bond donors (Lipinski definition) is 0. The lowest BCUT2D eigenvalue weighted by molar-refractivity contribution is 1.23. The minimum absolute atomic E-state index is 0.954. The number of rotatable bonds is 0. The van der Waals surface area contributed by atoms with E-state index in [1.54, 1.807) is 17.5 Å². The smallest absolute Gasteiger partial charge is 0.104 e. The molecule has 0 fully saturated rings. The molecule has 0 amide bonds. The molecule has 1 aromatic rings. The molecule has 54 valence electrons. The van der Waals surface area contributed by atoms with E-state index in [2.05, 4.69) is 10.2 Å². The monoisotopic (exact) mass is 162 g/mol. The summed E-state index contributed by atoms with van der Waals surface area (Å²) in [6.07, 6.45) is 7.55. The second-order valence-electron chi connectivity index (χ2n) is 2.09. The molecule has 0 aliphatic carbocycles. The molecule has 0 bridgehead atoms. The van der Waals surface area contributed by atoms with Gasteiger partial charge in [-0.25, -0.2) is 0 Å². The molecule has 2 heterocycles. The van der Waals surface area contributed by atoms with Crippen molar-refractivity contribution in [2.75, 3.05) is 0 Å². The second kappa shape index (κ2) is 2.80. The number of allylic oxidation sites excluding steroid dienone is 2. The molecule has 1 aliphatic heterocycles. The highest BCUT2D eigenvalue weighted by atomic mass is 32.1. The normalized spacial score (nSPS) is 14.2. The third-order valence-electron chi connectivity index (χ3n) is 1.35. The Kier molecular flexibility index (Phi) is 1.65. The van der Waals surface area contributed by atoms with Gasteiger partial charge in [0.1, 0.15) is 5.69 Å². The van der Waals surface area contributed by atoms with Crippen LogP contribution < -0.4 is 0 Å². The fourth-order valence-electron chi connectivity index (χ4n) is 0.848. The van der Waals surface area contributed by atoms with E-state index >= 15 is 0 Å². The molecule has 2 nitrogen and oxygen atoms in total. The molecule has 0 radical (unpaired) electrons. The maximum Gasteiger partial charge on any atom is 0.104 e. The van der Waals surface area contributed by atoms with Gasteiger partial charge >= 0.3 is 0 Å². The van der Waals surface area contributed by atoms with Gasteiger partial charge in [-0.05, 0) is 23.6 Å². The molecule has 3 heteroatoms. The molecule has 0 saturated heterocycles. The highest BCUT2D eigenvalue weighted by Crippen LogP contribution is 2.27. The average molecular weight is 162 g/mol. The van der Waals surface area contributed by atoms with Gasteiger partial charge in [-0.2, -0.15) is 5.11 Å². The zero-order valence-corrected chi connectivity index (χ0v) is 6.58. The lowest BCUT2D eigenvalue weighted by Gasteiger charge is -1.89. The largest absolute Gasteiger partial charge is 0.159 e. The van der Waals surface area contributed by atoms with Crippen molar-refractivity contribution in [2.45, 2.75) is 0 Å². The molecule has 11 heavy (non-hydrogen) atoms. The third kappa shape index (κ3) is 1.28. The first-order valence-electron chi connectivity index (χ1n) is 3.28. The summed E-state index contributed by atoms with van der Waals surface area (Å²) in [6, 6.07) is 1.97. The zero-order valence-electron chi connectivity index (χ0n) is 5.77. The average Bonchev–Trinajstić information content (AvgIpc) is 2.35. The maximum absolute atomic E-state index is 4.00. The Balaban J connectivity index is 2.52. The van der Waals surface area contributed by atoms with E-state index in [9.17, 15) is 0 Å². The Morgan fingerprint density at radius 3 is 3.27 bits per heavy atom. The Labute approximate surface area is 68.6 Å². The van der Waals surface area contributed by atoms with E-state index in [-0.39, 0.29) is 0 Å². The van der Waals surface area contributed by atoms with Crippen LogP contribution in [0.1, 0.15) is 4.88 Å². The Bertz CT molecular complexity index is 303. The molecule has 0 saturated carbocycles. The Morgan fingerprint density at radius 2 is 2.27 bits per heavy atom. The first kappa shape index (κ1) is 6.49. The first-order chi connectivity index (χ1) is 5.47. The van der Waals surface area contributed by atoms with Crippen LogP contribution >= 0.6 is 11.3 Å². The standard InChI is InChI=1S/C8H6N2S/c1-2-5-9-10-7-4-6-11-8(7)3-1/h1-6H. The quantitative estimate of drug-likeness (QED) is 0.558. The van der Waals surface area contributed by atoms with Gasteiger partial charge in [0.25, 0.3) is 0 Å². The Hall–Kier alpha value is -1.22. The molecule has 0 aromatic carbocycles. The van der Waals surface area contributed by atoms with Crippen LogP contribution in [0.3, 0.4) is 0 Å². The molecule has 1 aromatic heterocycles. The summed E-state index contributed by atoms with van der Waals surface area (Å²) in [6.45, 7) is 0. The van der Waals surface area contributed by atoms with E-state index in [0.29, 0.717) is 0 Å². The van der Waals surface area contributed by atoms with Crippen LogP contribution in [-0.4, -0.2) is 0 Å². The molecular formula is C8H6N2S. The van der Waals surface area contributed by atoms with E-state index < -0.39 is 0 Å². The lowest BCUT2D eigenvalue weighted by Crippen LogP contribution is -1.63. The van der Waals surface area contributed by atoms with Gasteiger partial charge in [0.2, 0.25) is 0 Å². The van der Waals surface area contributed by atoms with Gasteiger partial charge in [-0.1, -0.05) is 6.08 Å². The highest BCUT2D eigenvalue weighted by Gasteiger charge is 1.98. The van der Waals surface area contributed by atoms with Crippen LogP contribution in [0.5, 0.6) is 0 Å². The molecule has 0 N–H and O–H groups in total. The molecule has 2 rings (SSSR count). The SMILES string of the molecule is C1=CN=Nc2ccsc2C=C1. The van der Waals surface area contributed by atoms with Crippen LogP contribution in [0, 0.1) is 0 Å². The predicted octanol–water partition coefficient (Wildman–Crippen LogP) is 3.37. The number of nitrogens with zero attached hydrogens (tertiary/aromatic N) is 2. The van der Waals surface area contributed by atoms with Crippen LogP contribution in [0.15, 0.2) is 40.0 Å². The fourth-order valence-corrected chi connectivity index (χ4v) is 1.58. The molecular weight excluding hydrogens is 156 g/mol. The van der Waals surface area contributed by atoms with E-state index in [1.165, 1.54) is 0 Å². The van der Waals surface area contributed by atoms with Gasteiger partial charge in [0.15, 0.2) is 0 Å². The molecule has 0 atom stereocenters. The summed E-state index contributed by atoms with van der Waals surface area (Å²) >= 11 is 1.67. The van der Waals surface area contributed by atoms with Crippen molar-refractivity contribution < 1.29 is 0 Å². The van der Waals surface area contributed by atoms with Crippen molar-refractivity contribution in [3.05, 3.63) is 34.7 Å². The van der Waals surface area contributed by atoms with Crippen molar-refractivity contribution >= 4 is 23.1 Å². The van der Waals surface area contributed by atoms with Gasteiger partial charge in [-0.3, -0.25) is 0 Å². The van der Waals surface area contributed by atoms with Crippen molar-refractivity contribution in [1.82, 2.24) is 0 Å². The van der Waals surface area contributed by atoms with Gasteiger partial charge in [0, 0.05) is 6.20 Å². The van der Waals surface area contributed by atoms with E-state index in [0.717, 1.165) is 10.6 Å². The minimum Gasteiger partial charge on any atom is -0.159 e. The number of fused-ring (bicyclic) bond motifs is 1. The van der Waals surface area contributed by atoms with E-state index in [1.807, 2.05) is 29.7 Å². The van der Waals surface area contributed by atoms with Crippen molar-refractivity contribution in [3.63, 3.8) is 0 Å². The van der Waals surface area contributed by atoms with E-state index in [4.69, 9.17) is 0 Å². The summed E-state index contributed by atoms with van der Waals surface area (Å²) in [5.41, 5.74) is 0.954. The van der Waals surface area contributed by atoms with Gasteiger partial charge < -0.3 is 0 Å². The fraction of sp³-hybridized carbons (Fsp3) is 0. The lowest BCUT2D eigenvalue weighted by atomic mass is 10.3. The number of hydrogen-bond acceptors (Lipinski definition) is 3. The zero-order chi connectivity index (χ0) is 7.52. The van der Waals surface area contributed by atoms with Gasteiger partial charge in [-0.15, -0.1) is 16.5 Å². The van der Waals surface area contributed by atoms with Crippen molar-refractivity contribution in [3.8, 4) is 0 Å². The maximum atomic E-state index is 4.00. The molecule has 0 unspecified atom stereocenters. The highest BCUT2D eigenvalue weighted by molar-refractivity contribution is 7.11. The van der Waals surface area contributed by atoms with Gasteiger partial charge in [0.05, 0.1) is 4.88 Å². The minimum atomic E-state index is 0.954. The third-order valence-corrected chi connectivity index (χ3v) is 2.22. The summed E-state index contributed by atoms with van der Waals surface area (Å²) in [4.78, 5) is 1.16. The number of thiophene rings is 1. The summed E-state index contributed by atoms with van der Waals surface area (Å²) in [5, 5.41) is 9.86. The molecule has 1 aliphatic rings. The van der Waals surface area contributed by atoms with Crippen molar-refractivity contribution in [2.24, 2.45) is 10.2 Å². The molecule has 0 spiro atoms. The summed E-state index contributed by atoms with van der Waals surface area (Å²) in [7, 11) is 0. The Morgan fingerprint density at radius 1 is 1.27 bits per heavy atom. The van der Waals surface area contributed by atoms with Crippen LogP contribution in [0.4, 0.5) is 5.69 Å². The summed E-state index contributed by atoms with van der Waals surface area (Å²) in [5.74, 6) is 0. The van der Waals surface area contributed by atoms with Crippen LogP contribution in [0.25, 0.3) is 6.08 Å². The predicted molar refractivity (Wildman–Crippen MR) is 47.0 cm³/mol. The van der Waals surface area contributed by atoms with Crippen LogP contribution in [0.2, 0.25) is 0 Å². The van der Waals surface area contributed by atoms with Crippen molar-refractivity contribution in [1.29, 1.82) is 0 Å².